The van der Waals surface area contributed by atoms with Gasteiger partial charge in [0.05, 0.1) is 18.8 Å². The maximum atomic E-state index is 6.31. The van der Waals surface area contributed by atoms with Gasteiger partial charge in [0.1, 0.15) is 5.60 Å². The SMILES string of the molecule is CCOC1(CCC2CCC3OC3C2)CCCOC1(OCC)OCC. The van der Waals surface area contributed by atoms with Gasteiger partial charge in [-0.15, -0.1) is 0 Å². The van der Waals surface area contributed by atoms with Crippen LogP contribution in [0.4, 0.5) is 0 Å². The standard InChI is InChI=1S/C19H34O5/c1-4-20-18(12-10-15-8-9-16-17(14-15)24-16)11-7-13-23-19(18,21-5-2)22-6-3/h15-17H,4-14H2,1-3H3. The lowest BCUT2D eigenvalue weighted by Gasteiger charge is -2.51. The molecule has 0 radical (unpaired) electrons. The third-order valence-electron chi connectivity index (χ3n) is 5.73. The van der Waals surface area contributed by atoms with E-state index in [1.54, 1.807) is 0 Å². The summed E-state index contributed by atoms with van der Waals surface area (Å²) in [5.41, 5.74) is -0.507. The highest BCUT2D eigenvalue weighted by molar-refractivity contribution is 4.97. The number of rotatable bonds is 9. The Balaban J connectivity index is 1.72. The van der Waals surface area contributed by atoms with Crippen molar-refractivity contribution in [3.05, 3.63) is 0 Å². The molecule has 1 aliphatic carbocycles. The molecule has 0 N–H and O–H groups in total. The summed E-state index contributed by atoms with van der Waals surface area (Å²) in [6, 6.07) is 0. The first-order valence-electron chi connectivity index (χ1n) is 9.90. The Morgan fingerprint density at radius 3 is 2.38 bits per heavy atom. The van der Waals surface area contributed by atoms with Gasteiger partial charge in [-0.1, -0.05) is 0 Å². The molecule has 0 amide bonds. The number of hydrogen-bond donors (Lipinski definition) is 0. The van der Waals surface area contributed by atoms with Gasteiger partial charge in [0, 0.05) is 19.8 Å². The van der Waals surface area contributed by atoms with Crippen LogP contribution in [0.15, 0.2) is 0 Å². The molecule has 4 unspecified atom stereocenters. The molecular weight excluding hydrogens is 308 g/mol. The average Bonchev–Trinajstić information content (AvgIpc) is 3.35. The molecule has 3 fully saturated rings. The molecule has 2 heterocycles. The van der Waals surface area contributed by atoms with Crippen molar-refractivity contribution in [2.75, 3.05) is 26.4 Å². The molecule has 0 spiro atoms. The molecule has 0 bridgehead atoms. The van der Waals surface area contributed by atoms with Gasteiger partial charge in [-0.2, -0.15) is 0 Å². The lowest BCUT2D eigenvalue weighted by Crippen LogP contribution is -2.63. The summed E-state index contributed by atoms with van der Waals surface area (Å²) in [7, 11) is 0. The van der Waals surface area contributed by atoms with E-state index in [1.165, 1.54) is 19.3 Å². The van der Waals surface area contributed by atoms with Crippen LogP contribution >= 0.6 is 0 Å². The molecular formula is C19H34O5. The van der Waals surface area contributed by atoms with Crippen molar-refractivity contribution in [1.82, 2.24) is 0 Å². The second kappa shape index (κ2) is 8.00. The summed E-state index contributed by atoms with van der Waals surface area (Å²) in [5, 5.41) is 0. The summed E-state index contributed by atoms with van der Waals surface area (Å²) in [6.45, 7) is 8.43. The molecule has 3 aliphatic rings. The van der Waals surface area contributed by atoms with Gasteiger partial charge in [0.2, 0.25) is 0 Å². The van der Waals surface area contributed by atoms with Crippen LogP contribution in [-0.2, 0) is 23.7 Å². The van der Waals surface area contributed by atoms with Gasteiger partial charge < -0.3 is 23.7 Å². The summed E-state index contributed by atoms with van der Waals surface area (Å²) in [6.07, 6.45) is 8.72. The van der Waals surface area contributed by atoms with Crippen LogP contribution in [0.5, 0.6) is 0 Å². The van der Waals surface area contributed by atoms with Gasteiger partial charge in [-0.25, -0.2) is 0 Å². The molecule has 5 heteroatoms. The molecule has 24 heavy (non-hydrogen) atoms. The molecule has 5 nitrogen and oxygen atoms in total. The predicted octanol–water partition coefficient (Wildman–Crippen LogP) is 3.65. The molecule has 0 aromatic carbocycles. The van der Waals surface area contributed by atoms with E-state index < -0.39 is 11.6 Å². The summed E-state index contributed by atoms with van der Waals surface area (Å²) < 4.78 is 30.2. The minimum absolute atomic E-state index is 0.507. The Morgan fingerprint density at radius 2 is 1.71 bits per heavy atom. The minimum Gasteiger partial charge on any atom is -0.370 e. The fourth-order valence-corrected chi connectivity index (χ4v) is 4.59. The molecule has 2 saturated heterocycles. The normalized spacial score (nSPS) is 37.9. The van der Waals surface area contributed by atoms with Crippen LogP contribution in [-0.4, -0.2) is 50.2 Å². The first-order valence-corrected chi connectivity index (χ1v) is 9.90. The molecule has 0 aromatic rings. The molecule has 3 rings (SSSR count). The van der Waals surface area contributed by atoms with E-state index in [1.807, 2.05) is 20.8 Å². The van der Waals surface area contributed by atoms with Crippen LogP contribution in [0.3, 0.4) is 0 Å². The zero-order valence-electron chi connectivity index (χ0n) is 15.6. The van der Waals surface area contributed by atoms with E-state index in [2.05, 4.69) is 0 Å². The zero-order chi connectivity index (χ0) is 17.0. The van der Waals surface area contributed by atoms with E-state index in [4.69, 9.17) is 23.7 Å². The van der Waals surface area contributed by atoms with E-state index in [0.717, 1.165) is 25.7 Å². The van der Waals surface area contributed by atoms with Crippen molar-refractivity contribution in [1.29, 1.82) is 0 Å². The monoisotopic (exact) mass is 342 g/mol. The number of fused-ring (bicyclic) bond motifs is 1. The Hall–Kier alpha value is -0.200. The van der Waals surface area contributed by atoms with Crippen molar-refractivity contribution in [3.8, 4) is 0 Å². The largest absolute Gasteiger partial charge is 0.370 e. The highest BCUT2D eigenvalue weighted by Crippen LogP contribution is 2.47. The van der Waals surface area contributed by atoms with Crippen LogP contribution in [0.1, 0.15) is 65.7 Å². The highest BCUT2D eigenvalue weighted by Gasteiger charge is 2.58. The van der Waals surface area contributed by atoms with Gasteiger partial charge in [0.25, 0.3) is 0 Å². The van der Waals surface area contributed by atoms with Crippen molar-refractivity contribution in [2.45, 2.75) is 89.5 Å². The highest BCUT2D eigenvalue weighted by atomic mass is 16.9. The van der Waals surface area contributed by atoms with Crippen molar-refractivity contribution in [2.24, 2.45) is 5.92 Å². The lowest BCUT2D eigenvalue weighted by molar-refractivity contribution is -0.459. The number of ether oxygens (including phenoxy) is 5. The summed E-state index contributed by atoms with van der Waals surface area (Å²) in [5.74, 6) is -0.341. The Labute approximate surface area is 146 Å². The first kappa shape index (κ1) is 18.6. The third-order valence-corrected chi connectivity index (χ3v) is 5.73. The van der Waals surface area contributed by atoms with Crippen molar-refractivity contribution < 1.29 is 23.7 Å². The van der Waals surface area contributed by atoms with E-state index in [-0.39, 0.29) is 0 Å². The van der Waals surface area contributed by atoms with E-state index in [9.17, 15) is 0 Å². The van der Waals surface area contributed by atoms with Gasteiger partial charge in [0.15, 0.2) is 0 Å². The molecule has 4 atom stereocenters. The topological polar surface area (TPSA) is 49.5 Å². The van der Waals surface area contributed by atoms with Gasteiger partial charge in [-0.3, -0.25) is 0 Å². The average molecular weight is 342 g/mol. The molecule has 1 saturated carbocycles. The minimum atomic E-state index is -1.06. The Bertz CT molecular complexity index is 386. The summed E-state index contributed by atoms with van der Waals surface area (Å²) >= 11 is 0. The summed E-state index contributed by atoms with van der Waals surface area (Å²) in [4.78, 5) is 0. The lowest BCUT2D eigenvalue weighted by atomic mass is 9.80. The fraction of sp³-hybridized carbons (Fsp3) is 1.00. The first-order chi connectivity index (χ1) is 11.7. The predicted molar refractivity (Wildman–Crippen MR) is 90.8 cm³/mol. The van der Waals surface area contributed by atoms with Crippen LogP contribution < -0.4 is 0 Å². The smallest absolute Gasteiger partial charge is 0.313 e. The zero-order valence-corrected chi connectivity index (χ0v) is 15.6. The molecule has 2 aliphatic heterocycles. The maximum Gasteiger partial charge on any atom is 0.313 e. The number of epoxide rings is 1. The Morgan fingerprint density at radius 1 is 0.958 bits per heavy atom. The van der Waals surface area contributed by atoms with Gasteiger partial charge >= 0.3 is 5.97 Å². The van der Waals surface area contributed by atoms with Crippen LogP contribution in [0, 0.1) is 5.92 Å². The third kappa shape index (κ3) is 3.65. The Kier molecular flexibility index (Phi) is 6.20. The fourth-order valence-electron chi connectivity index (χ4n) is 4.59. The molecule has 140 valence electrons. The van der Waals surface area contributed by atoms with Gasteiger partial charge in [-0.05, 0) is 71.6 Å². The van der Waals surface area contributed by atoms with Crippen molar-refractivity contribution >= 4 is 0 Å². The number of hydrogen-bond acceptors (Lipinski definition) is 5. The van der Waals surface area contributed by atoms with Crippen LogP contribution in [0.2, 0.25) is 0 Å². The van der Waals surface area contributed by atoms with Crippen LogP contribution in [0.25, 0.3) is 0 Å². The molecule has 0 aromatic heterocycles. The van der Waals surface area contributed by atoms with E-state index in [0.29, 0.717) is 44.6 Å². The van der Waals surface area contributed by atoms with E-state index >= 15 is 0 Å². The van der Waals surface area contributed by atoms with Crippen molar-refractivity contribution in [3.63, 3.8) is 0 Å². The quantitative estimate of drug-likeness (QED) is 0.473. The second-order valence-corrected chi connectivity index (χ2v) is 7.23. The maximum absolute atomic E-state index is 6.31. The second-order valence-electron chi connectivity index (χ2n) is 7.23.